The van der Waals surface area contributed by atoms with E-state index in [1.165, 1.54) is 10.9 Å². The van der Waals surface area contributed by atoms with Crippen LogP contribution < -0.4 is 11.1 Å². The Balaban J connectivity index is 1.86. The smallest absolute Gasteiger partial charge is 0.434 e. The van der Waals surface area contributed by atoms with Crippen molar-refractivity contribution >= 4 is 35.2 Å². The summed E-state index contributed by atoms with van der Waals surface area (Å²) < 4.78 is 28.1. The van der Waals surface area contributed by atoms with Gasteiger partial charge in [0.2, 0.25) is 5.95 Å². The zero-order chi connectivity index (χ0) is 29.7. The number of unbranched alkanes of at least 4 members (excludes halogenated alkanes) is 6. The molecule has 0 spiro atoms. The zero-order valence-electron chi connectivity index (χ0n) is 24.4. The van der Waals surface area contributed by atoms with Crippen LogP contribution in [-0.2, 0) is 23.7 Å². The van der Waals surface area contributed by atoms with E-state index in [0.29, 0.717) is 30.6 Å². The van der Waals surface area contributed by atoms with E-state index in [1.54, 1.807) is 7.05 Å². The highest BCUT2D eigenvalue weighted by molar-refractivity contribution is 5.82. The normalized spacial score (nSPS) is 12.2. The largest absolute Gasteiger partial charge is 0.512 e. The van der Waals surface area contributed by atoms with Crippen molar-refractivity contribution in [1.29, 1.82) is 0 Å². The van der Waals surface area contributed by atoms with Gasteiger partial charge in [0.1, 0.15) is 6.33 Å². The number of aromatic nitrogens is 4. The maximum absolute atomic E-state index is 12.5. The first-order valence-corrected chi connectivity index (χ1v) is 14.1. The van der Waals surface area contributed by atoms with Gasteiger partial charge < -0.3 is 34.7 Å². The number of hydrogen-bond acceptors (Lipinski definition) is 12. The van der Waals surface area contributed by atoms with E-state index in [9.17, 15) is 9.59 Å². The van der Waals surface area contributed by atoms with Crippen LogP contribution in [0.5, 0.6) is 0 Å². The van der Waals surface area contributed by atoms with Gasteiger partial charge in [0.25, 0.3) is 6.41 Å². The van der Waals surface area contributed by atoms with E-state index in [0.717, 1.165) is 44.9 Å². The molecule has 0 aliphatic carbocycles. The third-order valence-corrected chi connectivity index (χ3v) is 5.81. The third-order valence-electron chi connectivity index (χ3n) is 5.81. The summed E-state index contributed by atoms with van der Waals surface area (Å²) in [5.74, 6) is 0.419. The minimum Gasteiger partial charge on any atom is -0.434 e. The average molecular weight is 577 g/mol. The molecule has 0 aromatic carbocycles. The molecule has 0 amide bonds. The lowest BCUT2D eigenvalue weighted by Crippen LogP contribution is -2.22. The lowest BCUT2D eigenvalue weighted by atomic mass is 10.2. The van der Waals surface area contributed by atoms with E-state index in [-0.39, 0.29) is 31.6 Å². The van der Waals surface area contributed by atoms with Crippen LogP contribution in [0.1, 0.15) is 78.0 Å². The fourth-order valence-corrected chi connectivity index (χ4v) is 3.66. The van der Waals surface area contributed by atoms with E-state index < -0.39 is 18.7 Å². The number of rotatable bonds is 20. The number of nitrogens with two attached hydrogens (primary N) is 1. The van der Waals surface area contributed by atoms with Gasteiger partial charge in [-0.3, -0.25) is 4.57 Å². The monoisotopic (exact) mass is 576 g/mol. The molecule has 0 fully saturated rings. The topological polar surface area (TPSA) is 162 Å². The molecule has 1 atom stereocenters. The second-order valence-corrected chi connectivity index (χ2v) is 9.04. The maximum Gasteiger partial charge on any atom is 0.512 e. The van der Waals surface area contributed by atoms with Crippen LogP contribution in [0.15, 0.2) is 30.6 Å². The quantitative estimate of drug-likeness (QED) is 0.0832. The molecule has 2 aromatic heterocycles. The van der Waals surface area contributed by atoms with Crippen LogP contribution in [0.25, 0.3) is 11.2 Å². The SMILES string of the molecule is CC=CCCCCCOC(=O)OCCCOC(OC(=O)OCCCCCC=CC)n1cnc2c(N)nc(NC)nc21. The summed E-state index contributed by atoms with van der Waals surface area (Å²) in [5, 5.41) is 2.83. The van der Waals surface area contributed by atoms with Crippen molar-refractivity contribution in [1.82, 2.24) is 19.5 Å². The molecule has 2 rings (SSSR count). The van der Waals surface area contributed by atoms with Crippen LogP contribution in [0.3, 0.4) is 0 Å². The van der Waals surface area contributed by atoms with Crippen LogP contribution in [0, 0.1) is 0 Å². The van der Waals surface area contributed by atoms with Gasteiger partial charge in [-0.15, -0.1) is 0 Å². The molecule has 0 saturated carbocycles. The first kappa shape index (κ1) is 33.3. The summed E-state index contributed by atoms with van der Waals surface area (Å²) in [7, 11) is 1.65. The number of nitrogen functional groups attached to an aromatic ring is 1. The highest BCUT2D eigenvalue weighted by Gasteiger charge is 2.23. The minimum atomic E-state index is -1.25. The maximum atomic E-state index is 12.5. The van der Waals surface area contributed by atoms with Crippen LogP contribution in [0.2, 0.25) is 0 Å². The number of carbonyl (C=O) groups is 2. The second-order valence-electron chi connectivity index (χ2n) is 9.04. The van der Waals surface area contributed by atoms with Crippen LogP contribution in [-0.4, -0.2) is 65.3 Å². The second kappa shape index (κ2) is 20.1. The Bertz CT molecular complexity index is 1110. The Labute approximate surface area is 241 Å². The molecule has 2 heterocycles. The molecule has 41 heavy (non-hydrogen) atoms. The molecule has 0 saturated heterocycles. The number of nitrogens with zero attached hydrogens (tertiary/aromatic N) is 4. The van der Waals surface area contributed by atoms with Crippen molar-refractivity contribution in [3.8, 4) is 0 Å². The number of carbonyl (C=O) groups excluding carboxylic acids is 2. The Kier molecular flexibility index (Phi) is 16.3. The van der Waals surface area contributed by atoms with E-state index in [4.69, 9.17) is 29.4 Å². The van der Waals surface area contributed by atoms with Crippen molar-refractivity contribution in [2.45, 2.75) is 78.0 Å². The van der Waals surface area contributed by atoms with Gasteiger partial charge in [0.15, 0.2) is 17.0 Å². The summed E-state index contributed by atoms with van der Waals surface area (Å²) in [6.07, 6.45) is 14.5. The van der Waals surface area contributed by atoms with Crippen LogP contribution >= 0.6 is 0 Å². The Morgan fingerprint density at radius 3 is 2.10 bits per heavy atom. The molecule has 228 valence electrons. The summed E-state index contributed by atoms with van der Waals surface area (Å²) >= 11 is 0. The van der Waals surface area contributed by atoms with Crippen molar-refractivity contribution in [2.24, 2.45) is 0 Å². The first-order chi connectivity index (χ1) is 20.0. The zero-order valence-corrected chi connectivity index (χ0v) is 24.4. The number of fused-ring (bicyclic) bond motifs is 1. The standard InChI is InChI=1S/C28H44N6O7/c1-4-6-8-10-12-14-17-38-27(35)39-20-16-19-37-26(41-28(36)40-18-15-13-11-9-7-5-2)34-21-31-22-23(29)32-25(30-3)33-24(22)34/h4-7,21,26H,8-20H2,1-3H3,(H3,29,30,32,33). The Hall–Kier alpha value is -3.87. The Morgan fingerprint density at radius 2 is 1.49 bits per heavy atom. The molecular weight excluding hydrogens is 532 g/mol. The first-order valence-electron chi connectivity index (χ1n) is 14.1. The fourth-order valence-electron chi connectivity index (χ4n) is 3.66. The van der Waals surface area contributed by atoms with Gasteiger partial charge in [0, 0.05) is 13.5 Å². The van der Waals surface area contributed by atoms with Crippen molar-refractivity contribution in [3.05, 3.63) is 30.6 Å². The fraction of sp³-hybridized carbons (Fsp3) is 0.607. The van der Waals surface area contributed by atoms with Gasteiger partial charge in [-0.05, 0) is 65.2 Å². The summed E-state index contributed by atoms with van der Waals surface area (Å²) in [5.41, 5.74) is 6.63. The summed E-state index contributed by atoms with van der Waals surface area (Å²) in [6.45, 7) is 4.66. The number of allylic oxidation sites excluding steroid dienone is 4. The minimum absolute atomic E-state index is 0.0637. The van der Waals surface area contributed by atoms with Gasteiger partial charge in [-0.2, -0.15) is 9.97 Å². The molecule has 2 aromatic rings. The van der Waals surface area contributed by atoms with E-state index >= 15 is 0 Å². The summed E-state index contributed by atoms with van der Waals surface area (Å²) in [4.78, 5) is 37.0. The summed E-state index contributed by atoms with van der Waals surface area (Å²) in [6, 6.07) is 0. The number of ether oxygens (including phenoxy) is 5. The van der Waals surface area contributed by atoms with Crippen molar-refractivity contribution in [3.63, 3.8) is 0 Å². The predicted octanol–water partition coefficient (Wildman–Crippen LogP) is 5.89. The van der Waals surface area contributed by atoms with Gasteiger partial charge >= 0.3 is 12.3 Å². The molecular formula is C28H44N6O7. The average Bonchev–Trinajstić information content (AvgIpc) is 3.40. The molecule has 13 heteroatoms. The molecule has 0 bridgehead atoms. The Morgan fingerprint density at radius 1 is 0.878 bits per heavy atom. The van der Waals surface area contributed by atoms with E-state index in [1.807, 2.05) is 26.0 Å². The highest BCUT2D eigenvalue weighted by atomic mass is 16.8. The molecule has 3 N–H and O–H groups in total. The molecule has 1 unspecified atom stereocenters. The lowest BCUT2D eigenvalue weighted by molar-refractivity contribution is -0.168. The number of imidazole rings is 1. The molecule has 0 radical (unpaired) electrons. The molecule has 0 aliphatic rings. The van der Waals surface area contributed by atoms with Gasteiger partial charge in [0.05, 0.1) is 26.4 Å². The lowest BCUT2D eigenvalue weighted by Gasteiger charge is -2.19. The van der Waals surface area contributed by atoms with Crippen molar-refractivity contribution in [2.75, 3.05) is 44.5 Å². The van der Waals surface area contributed by atoms with E-state index in [2.05, 4.69) is 32.4 Å². The van der Waals surface area contributed by atoms with Crippen LogP contribution in [0.4, 0.5) is 21.4 Å². The molecule has 13 nitrogen and oxygen atoms in total. The number of hydrogen-bond donors (Lipinski definition) is 2. The van der Waals surface area contributed by atoms with Crippen molar-refractivity contribution < 1.29 is 33.3 Å². The molecule has 0 aliphatic heterocycles. The number of anilines is 2. The predicted molar refractivity (Wildman–Crippen MR) is 155 cm³/mol. The third kappa shape index (κ3) is 12.9. The van der Waals surface area contributed by atoms with Gasteiger partial charge in [-0.1, -0.05) is 24.3 Å². The highest BCUT2D eigenvalue weighted by Crippen LogP contribution is 2.23. The van der Waals surface area contributed by atoms with Gasteiger partial charge in [-0.25, -0.2) is 14.6 Å². The number of nitrogens with one attached hydrogen (secondary N) is 1.